The van der Waals surface area contributed by atoms with E-state index in [4.69, 9.17) is 0 Å². The Balaban J connectivity index is 1.93. The number of rotatable bonds is 4. The van der Waals surface area contributed by atoms with Gasteiger partial charge in [0.05, 0.1) is 11.1 Å². The first-order valence-corrected chi connectivity index (χ1v) is 9.57. The number of amides is 1. The largest absolute Gasteiger partial charge is 0.416 e. The number of alkyl halides is 6. The molecule has 2 aromatic rings. The van der Waals surface area contributed by atoms with Crippen LogP contribution in [0.3, 0.4) is 0 Å². The quantitative estimate of drug-likeness (QED) is 0.685. The summed E-state index contributed by atoms with van der Waals surface area (Å²) in [5.74, 6) is -0.854. The maximum atomic E-state index is 13.2. The molecule has 10 heteroatoms. The van der Waals surface area contributed by atoms with Gasteiger partial charge in [-0.1, -0.05) is 12.1 Å². The summed E-state index contributed by atoms with van der Waals surface area (Å²) in [6, 6.07) is 7.98. The van der Waals surface area contributed by atoms with Gasteiger partial charge in [0.2, 0.25) is 0 Å². The van der Waals surface area contributed by atoms with E-state index in [0.717, 1.165) is 11.3 Å². The van der Waals surface area contributed by atoms with Gasteiger partial charge in [0.15, 0.2) is 0 Å². The van der Waals surface area contributed by atoms with Crippen molar-refractivity contribution >= 4 is 11.6 Å². The first kappa shape index (κ1) is 22.9. The first-order chi connectivity index (χ1) is 14.5. The van der Waals surface area contributed by atoms with Gasteiger partial charge in [0, 0.05) is 44.0 Å². The zero-order valence-electron chi connectivity index (χ0n) is 16.6. The standard InChI is InChI=1S/C21H21F6N3O/c1-28-17-4-2-3-13(7-17)8-18-12-29-5-6-30(18)19(31)14-9-15(20(22,23)24)11-16(10-14)21(25,26)27/h2-4,7,9-11,18,28-29H,5-6,8,12H2,1H3. The average molecular weight is 445 g/mol. The molecule has 2 N–H and O–H groups in total. The van der Waals surface area contributed by atoms with Gasteiger partial charge < -0.3 is 15.5 Å². The molecule has 0 radical (unpaired) electrons. The molecule has 1 amide bonds. The number of hydrogen-bond donors (Lipinski definition) is 2. The van der Waals surface area contributed by atoms with Crippen molar-refractivity contribution in [1.82, 2.24) is 10.2 Å². The summed E-state index contributed by atoms with van der Waals surface area (Å²) >= 11 is 0. The van der Waals surface area contributed by atoms with Crippen molar-refractivity contribution in [2.75, 3.05) is 32.0 Å². The highest BCUT2D eigenvalue weighted by molar-refractivity contribution is 5.95. The fraction of sp³-hybridized carbons (Fsp3) is 0.381. The van der Waals surface area contributed by atoms with E-state index in [9.17, 15) is 31.1 Å². The number of carbonyl (C=O) groups is 1. The lowest BCUT2D eigenvalue weighted by Crippen LogP contribution is -2.54. The minimum atomic E-state index is -5.01. The van der Waals surface area contributed by atoms with Crippen molar-refractivity contribution in [2.24, 2.45) is 0 Å². The Morgan fingerprint density at radius 1 is 1.06 bits per heavy atom. The van der Waals surface area contributed by atoms with Crippen LogP contribution in [0.15, 0.2) is 42.5 Å². The van der Waals surface area contributed by atoms with Crippen LogP contribution < -0.4 is 10.6 Å². The molecule has 168 valence electrons. The van der Waals surface area contributed by atoms with E-state index >= 15 is 0 Å². The summed E-state index contributed by atoms with van der Waals surface area (Å²) in [4.78, 5) is 14.4. The van der Waals surface area contributed by atoms with Gasteiger partial charge in [0.25, 0.3) is 5.91 Å². The van der Waals surface area contributed by atoms with Crippen LogP contribution in [-0.2, 0) is 18.8 Å². The monoisotopic (exact) mass is 445 g/mol. The predicted octanol–water partition coefficient (Wildman–Crippen LogP) is 4.42. The van der Waals surface area contributed by atoms with Gasteiger partial charge in [0.1, 0.15) is 0 Å². The molecule has 3 rings (SSSR count). The Labute approximate surface area is 175 Å². The summed E-state index contributed by atoms with van der Waals surface area (Å²) in [5.41, 5.74) is -1.89. The second kappa shape index (κ2) is 8.78. The number of hydrogen-bond acceptors (Lipinski definition) is 3. The van der Waals surface area contributed by atoms with E-state index in [1.807, 2.05) is 24.3 Å². The van der Waals surface area contributed by atoms with Gasteiger partial charge in [-0.2, -0.15) is 26.3 Å². The second-order valence-electron chi connectivity index (χ2n) is 7.31. The summed E-state index contributed by atoms with van der Waals surface area (Å²) in [5, 5.41) is 6.12. The molecule has 2 aromatic carbocycles. The van der Waals surface area contributed by atoms with E-state index in [0.29, 0.717) is 31.6 Å². The van der Waals surface area contributed by atoms with Crippen molar-refractivity contribution in [3.05, 3.63) is 64.7 Å². The molecule has 1 fully saturated rings. The fourth-order valence-corrected chi connectivity index (χ4v) is 3.58. The molecule has 1 atom stereocenters. The molecular formula is C21H21F6N3O. The van der Waals surface area contributed by atoms with Crippen LogP contribution in [0.1, 0.15) is 27.0 Å². The third-order valence-electron chi connectivity index (χ3n) is 5.13. The number of carbonyl (C=O) groups excluding carboxylic acids is 1. The van der Waals surface area contributed by atoms with Gasteiger partial charge in [-0.15, -0.1) is 0 Å². The topological polar surface area (TPSA) is 44.4 Å². The van der Waals surface area contributed by atoms with Crippen molar-refractivity contribution in [2.45, 2.75) is 24.8 Å². The third-order valence-corrected chi connectivity index (χ3v) is 5.13. The highest BCUT2D eigenvalue weighted by atomic mass is 19.4. The van der Waals surface area contributed by atoms with E-state index in [1.165, 1.54) is 4.90 Å². The Bertz CT molecular complexity index is 909. The number of nitrogens with one attached hydrogen (secondary N) is 2. The Morgan fingerprint density at radius 2 is 1.71 bits per heavy atom. The zero-order chi connectivity index (χ0) is 22.8. The molecule has 1 aliphatic heterocycles. The van der Waals surface area contributed by atoms with Gasteiger partial charge in [-0.05, 0) is 42.3 Å². The number of anilines is 1. The molecule has 0 saturated carbocycles. The van der Waals surface area contributed by atoms with Gasteiger partial charge in [-0.3, -0.25) is 4.79 Å². The van der Waals surface area contributed by atoms with Crippen LogP contribution in [0.4, 0.5) is 32.0 Å². The lowest BCUT2D eigenvalue weighted by molar-refractivity contribution is -0.143. The van der Waals surface area contributed by atoms with Crippen molar-refractivity contribution in [3.63, 3.8) is 0 Å². The SMILES string of the molecule is CNc1cccc(CC2CNCCN2C(=O)c2cc(C(F)(F)F)cc(C(F)(F)F)c2)c1. The maximum Gasteiger partial charge on any atom is 0.416 e. The molecular weight excluding hydrogens is 424 g/mol. The van der Waals surface area contributed by atoms with Crippen LogP contribution in [0.2, 0.25) is 0 Å². The van der Waals surface area contributed by atoms with Gasteiger partial charge >= 0.3 is 12.4 Å². The van der Waals surface area contributed by atoms with Crippen molar-refractivity contribution in [3.8, 4) is 0 Å². The van der Waals surface area contributed by atoms with E-state index in [2.05, 4.69) is 10.6 Å². The summed E-state index contributed by atoms with van der Waals surface area (Å²) < 4.78 is 79.0. The molecule has 4 nitrogen and oxygen atoms in total. The molecule has 1 saturated heterocycles. The molecule has 1 aliphatic rings. The van der Waals surface area contributed by atoms with Crippen LogP contribution in [0, 0.1) is 0 Å². The zero-order valence-corrected chi connectivity index (χ0v) is 16.6. The molecule has 1 unspecified atom stereocenters. The van der Waals surface area contributed by atoms with Crippen LogP contribution >= 0.6 is 0 Å². The van der Waals surface area contributed by atoms with E-state index < -0.39 is 41.0 Å². The number of benzene rings is 2. The highest BCUT2D eigenvalue weighted by Gasteiger charge is 2.38. The minimum absolute atomic E-state index is 0.0231. The molecule has 0 bridgehead atoms. The molecule has 0 spiro atoms. The predicted molar refractivity (Wildman–Crippen MR) is 104 cm³/mol. The first-order valence-electron chi connectivity index (χ1n) is 9.57. The fourth-order valence-electron chi connectivity index (χ4n) is 3.58. The van der Waals surface area contributed by atoms with Crippen LogP contribution in [0.5, 0.6) is 0 Å². The number of piperazine rings is 1. The van der Waals surface area contributed by atoms with E-state index in [-0.39, 0.29) is 12.6 Å². The summed E-state index contributed by atoms with van der Waals surface area (Å²) in [6.07, 6.45) is -9.61. The van der Waals surface area contributed by atoms with Crippen LogP contribution in [-0.4, -0.2) is 43.5 Å². The summed E-state index contributed by atoms with van der Waals surface area (Å²) in [7, 11) is 1.75. The normalized spacial score (nSPS) is 17.5. The van der Waals surface area contributed by atoms with E-state index in [1.54, 1.807) is 7.05 Å². The molecule has 0 aromatic heterocycles. The third kappa shape index (κ3) is 5.49. The minimum Gasteiger partial charge on any atom is -0.388 e. The maximum absolute atomic E-state index is 13.2. The van der Waals surface area contributed by atoms with Gasteiger partial charge in [-0.25, -0.2) is 0 Å². The lowest BCUT2D eigenvalue weighted by atomic mass is 9.99. The molecule has 31 heavy (non-hydrogen) atoms. The van der Waals surface area contributed by atoms with Crippen LogP contribution in [0.25, 0.3) is 0 Å². The Hall–Kier alpha value is -2.75. The molecule has 0 aliphatic carbocycles. The van der Waals surface area contributed by atoms with Crippen molar-refractivity contribution in [1.29, 1.82) is 0 Å². The average Bonchev–Trinajstić information content (AvgIpc) is 2.72. The smallest absolute Gasteiger partial charge is 0.388 e. The van der Waals surface area contributed by atoms with Crippen molar-refractivity contribution < 1.29 is 31.1 Å². The highest BCUT2D eigenvalue weighted by Crippen LogP contribution is 2.36. The molecule has 1 heterocycles. The number of halogens is 6. The number of nitrogens with zero attached hydrogens (tertiary/aromatic N) is 1. The lowest BCUT2D eigenvalue weighted by Gasteiger charge is -2.36. The Morgan fingerprint density at radius 3 is 2.29 bits per heavy atom. The summed E-state index contributed by atoms with van der Waals surface area (Å²) in [6.45, 7) is 0.942. The Kier molecular flexibility index (Phi) is 6.49. The second-order valence-corrected chi connectivity index (χ2v) is 7.31.